The highest BCUT2D eigenvalue weighted by atomic mass is 127. The Morgan fingerprint density at radius 1 is 1.18 bits per heavy atom. The molecule has 2 N–H and O–H groups in total. The van der Waals surface area contributed by atoms with Gasteiger partial charge < -0.3 is 5.73 Å². The minimum absolute atomic E-state index is 0.0810. The smallest absolute Gasteiger partial charge is 0.261 e. The number of primary amides is 1. The molecule has 0 aliphatic rings. The average Bonchev–Trinajstić information content (AvgIpc) is 2.51. The molecule has 2 aromatic carbocycles. The number of aromatic nitrogens is 2. The molecule has 0 unspecified atom stereocenters. The van der Waals surface area contributed by atoms with Gasteiger partial charge in [-0.15, -0.1) is 0 Å². The average molecular weight is 405 g/mol. The molecule has 0 spiro atoms. The van der Waals surface area contributed by atoms with Gasteiger partial charge in [-0.3, -0.25) is 14.2 Å². The van der Waals surface area contributed by atoms with Crippen LogP contribution in [0.1, 0.15) is 15.9 Å². The maximum absolute atomic E-state index is 12.5. The number of nitrogens with zero attached hydrogens (tertiary/aromatic N) is 2. The van der Waals surface area contributed by atoms with Crippen LogP contribution in [0.5, 0.6) is 0 Å². The minimum atomic E-state index is -0.467. The lowest BCUT2D eigenvalue weighted by Crippen LogP contribution is -2.21. The Kier molecular flexibility index (Phi) is 3.93. The first-order valence-corrected chi connectivity index (χ1v) is 7.66. The van der Waals surface area contributed by atoms with Gasteiger partial charge in [0.15, 0.2) is 0 Å². The summed E-state index contributed by atoms with van der Waals surface area (Å²) in [4.78, 5) is 27.9. The van der Waals surface area contributed by atoms with Crippen molar-refractivity contribution in [3.8, 4) is 0 Å². The van der Waals surface area contributed by atoms with Gasteiger partial charge in [0, 0.05) is 9.13 Å². The molecule has 0 atom stereocenters. The van der Waals surface area contributed by atoms with E-state index >= 15 is 0 Å². The van der Waals surface area contributed by atoms with Gasteiger partial charge >= 0.3 is 0 Å². The van der Waals surface area contributed by atoms with Crippen LogP contribution in [0.15, 0.2) is 53.6 Å². The molecule has 3 rings (SSSR count). The van der Waals surface area contributed by atoms with E-state index in [-0.39, 0.29) is 5.56 Å². The molecule has 1 heterocycles. The number of carbonyl (C=O) groups is 1. The summed E-state index contributed by atoms with van der Waals surface area (Å²) in [5, 5.41) is 0.600. The van der Waals surface area contributed by atoms with Crippen molar-refractivity contribution in [1.82, 2.24) is 9.55 Å². The molecule has 0 fully saturated rings. The maximum atomic E-state index is 12.5. The third-order valence-corrected chi connectivity index (χ3v) is 4.05. The van der Waals surface area contributed by atoms with Gasteiger partial charge in [-0.2, -0.15) is 0 Å². The molecule has 0 bridgehead atoms. The third-order valence-electron chi connectivity index (χ3n) is 3.38. The number of rotatable bonds is 3. The predicted octanol–water partition coefficient (Wildman–Crippen LogP) is 2.15. The first-order valence-electron chi connectivity index (χ1n) is 6.58. The SMILES string of the molecule is NC(=O)c1ccc(Cn2cnc3ccc(I)cc3c2=O)cc1. The molecule has 110 valence electrons. The highest BCUT2D eigenvalue weighted by Crippen LogP contribution is 2.12. The minimum Gasteiger partial charge on any atom is -0.366 e. The van der Waals surface area contributed by atoms with E-state index in [0.29, 0.717) is 23.0 Å². The van der Waals surface area contributed by atoms with Crippen molar-refractivity contribution >= 4 is 39.4 Å². The van der Waals surface area contributed by atoms with Crippen LogP contribution < -0.4 is 11.3 Å². The van der Waals surface area contributed by atoms with Gasteiger partial charge in [-0.1, -0.05) is 12.1 Å². The van der Waals surface area contributed by atoms with Crippen molar-refractivity contribution in [2.24, 2.45) is 5.73 Å². The monoisotopic (exact) mass is 405 g/mol. The molecular formula is C16H12IN3O2. The zero-order chi connectivity index (χ0) is 15.7. The second-order valence-electron chi connectivity index (χ2n) is 4.90. The molecule has 0 saturated carbocycles. The number of benzene rings is 2. The van der Waals surface area contributed by atoms with Crippen molar-refractivity contribution in [3.63, 3.8) is 0 Å². The van der Waals surface area contributed by atoms with E-state index in [2.05, 4.69) is 27.6 Å². The molecule has 3 aromatic rings. The summed E-state index contributed by atoms with van der Waals surface area (Å²) in [6.07, 6.45) is 1.54. The third kappa shape index (κ3) is 2.87. The quantitative estimate of drug-likeness (QED) is 0.679. The molecule has 0 aliphatic carbocycles. The highest BCUT2D eigenvalue weighted by Gasteiger charge is 2.06. The molecule has 1 aromatic heterocycles. The summed E-state index contributed by atoms with van der Waals surface area (Å²) < 4.78 is 2.55. The zero-order valence-electron chi connectivity index (χ0n) is 11.5. The molecule has 22 heavy (non-hydrogen) atoms. The molecule has 6 heteroatoms. The van der Waals surface area contributed by atoms with Crippen LogP contribution in [-0.4, -0.2) is 15.5 Å². The predicted molar refractivity (Wildman–Crippen MR) is 92.8 cm³/mol. The van der Waals surface area contributed by atoms with E-state index in [1.807, 2.05) is 18.2 Å². The molecule has 0 aliphatic heterocycles. The first kappa shape index (κ1) is 14.7. The Labute approximate surface area is 139 Å². The Hall–Kier alpha value is -2.22. The van der Waals surface area contributed by atoms with Crippen molar-refractivity contribution < 1.29 is 4.79 Å². The molecule has 0 saturated heterocycles. The van der Waals surface area contributed by atoms with Crippen LogP contribution in [0.3, 0.4) is 0 Å². The van der Waals surface area contributed by atoms with E-state index in [1.54, 1.807) is 35.2 Å². The summed E-state index contributed by atoms with van der Waals surface area (Å²) in [7, 11) is 0. The van der Waals surface area contributed by atoms with Crippen LogP contribution in [0.4, 0.5) is 0 Å². The van der Waals surface area contributed by atoms with Crippen LogP contribution in [0.2, 0.25) is 0 Å². The summed E-state index contributed by atoms with van der Waals surface area (Å²) in [5.41, 5.74) is 7.17. The Balaban J connectivity index is 1.98. The van der Waals surface area contributed by atoms with E-state index < -0.39 is 5.91 Å². The van der Waals surface area contributed by atoms with Crippen LogP contribution in [0.25, 0.3) is 10.9 Å². The number of hydrogen-bond donors (Lipinski definition) is 1. The Bertz CT molecular complexity index is 917. The summed E-state index contributed by atoms with van der Waals surface area (Å²) >= 11 is 2.17. The largest absolute Gasteiger partial charge is 0.366 e. The fourth-order valence-electron chi connectivity index (χ4n) is 2.21. The van der Waals surface area contributed by atoms with Gasteiger partial charge in [0.25, 0.3) is 5.56 Å². The zero-order valence-corrected chi connectivity index (χ0v) is 13.6. The fourth-order valence-corrected chi connectivity index (χ4v) is 2.71. The normalized spacial score (nSPS) is 10.8. The summed E-state index contributed by atoms with van der Waals surface area (Å²) in [6.45, 7) is 0.395. The molecule has 0 radical (unpaired) electrons. The standard InChI is InChI=1S/C16H12IN3O2/c17-12-5-6-14-13(7-12)16(22)20(9-19-14)8-10-1-3-11(4-2-10)15(18)21/h1-7,9H,8H2,(H2,18,21). The number of carbonyl (C=O) groups excluding carboxylic acids is 1. The summed E-state index contributed by atoms with van der Waals surface area (Å²) in [5.74, 6) is -0.467. The first-order chi connectivity index (χ1) is 10.5. The van der Waals surface area contributed by atoms with Crippen LogP contribution in [0, 0.1) is 3.57 Å². The summed E-state index contributed by atoms with van der Waals surface area (Å²) in [6, 6.07) is 12.5. The van der Waals surface area contributed by atoms with Crippen molar-refractivity contribution in [3.05, 3.63) is 73.8 Å². The fraction of sp³-hybridized carbons (Fsp3) is 0.0625. The number of nitrogens with two attached hydrogens (primary N) is 1. The van der Waals surface area contributed by atoms with Gasteiger partial charge in [0.2, 0.25) is 5.91 Å². The topological polar surface area (TPSA) is 78.0 Å². The van der Waals surface area contributed by atoms with Gasteiger partial charge in [-0.05, 0) is 58.5 Å². The number of hydrogen-bond acceptors (Lipinski definition) is 3. The van der Waals surface area contributed by atoms with E-state index in [0.717, 1.165) is 9.13 Å². The lowest BCUT2D eigenvalue weighted by molar-refractivity contribution is 0.100. The van der Waals surface area contributed by atoms with Crippen LogP contribution in [-0.2, 0) is 6.54 Å². The lowest BCUT2D eigenvalue weighted by Gasteiger charge is -2.07. The van der Waals surface area contributed by atoms with Crippen molar-refractivity contribution in [2.75, 3.05) is 0 Å². The van der Waals surface area contributed by atoms with E-state index in [1.165, 1.54) is 0 Å². The van der Waals surface area contributed by atoms with Crippen molar-refractivity contribution in [2.45, 2.75) is 6.54 Å². The maximum Gasteiger partial charge on any atom is 0.261 e. The van der Waals surface area contributed by atoms with Gasteiger partial charge in [0.05, 0.1) is 23.8 Å². The van der Waals surface area contributed by atoms with Gasteiger partial charge in [0.1, 0.15) is 0 Å². The second-order valence-corrected chi connectivity index (χ2v) is 6.15. The van der Waals surface area contributed by atoms with Gasteiger partial charge in [-0.25, -0.2) is 4.98 Å². The number of amides is 1. The Morgan fingerprint density at radius 3 is 2.59 bits per heavy atom. The van der Waals surface area contributed by atoms with E-state index in [4.69, 9.17) is 5.73 Å². The van der Waals surface area contributed by atoms with Crippen LogP contribution >= 0.6 is 22.6 Å². The molecule has 5 nitrogen and oxygen atoms in total. The second kappa shape index (κ2) is 5.88. The van der Waals surface area contributed by atoms with Crippen molar-refractivity contribution in [1.29, 1.82) is 0 Å². The Morgan fingerprint density at radius 2 is 1.91 bits per heavy atom. The molecular weight excluding hydrogens is 393 g/mol. The number of halogens is 1. The number of fused-ring (bicyclic) bond motifs is 1. The molecule has 1 amide bonds. The lowest BCUT2D eigenvalue weighted by atomic mass is 10.1. The van der Waals surface area contributed by atoms with E-state index in [9.17, 15) is 9.59 Å². The highest BCUT2D eigenvalue weighted by molar-refractivity contribution is 14.1.